The van der Waals surface area contributed by atoms with E-state index in [1.165, 1.54) is 11.0 Å². The van der Waals surface area contributed by atoms with Crippen LogP contribution in [0.3, 0.4) is 0 Å². The number of hydrogen-bond acceptors (Lipinski definition) is 5. The topological polar surface area (TPSA) is 114 Å². The van der Waals surface area contributed by atoms with Crippen molar-refractivity contribution in [3.8, 4) is 5.69 Å². The number of tetrazole rings is 1. The Morgan fingerprint density at radius 3 is 2.35 bits per heavy atom. The van der Waals surface area contributed by atoms with Crippen molar-refractivity contribution >= 4 is 23.3 Å². The minimum absolute atomic E-state index is 0.164. The highest BCUT2D eigenvalue weighted by atomic mass is 16.2. The standard InChI is InChI=1S/C17H17N7O2/c25-16(10-11-18-17(26)21-13-4-2-1-3-5-13)20-14-6-8-15(9-7-14)24-12-19-22-23-24/h1-9,12H,10-11H2,(H,20,25)(H2,18,21,26). The second kappa shape index (κ2) is 8.38. The van der Waals surface area contributed by atoms with Gasteiger partial charge in [-0.2, -0.15) is 0 Å². The van der Waals surface area contributed by atoms with E-state index in [4.69, 9.17) is 0 Å². The first-order chi connectivity index (χ1) is 12.7. The second-order valence-corrected chi connectivity index (χ2v) is 5.35. The van der Waals surface area contributed by atoms with Crippen molar-refractivity contribution in [2.24, 2.45) is 0 Å². The average molecular weight is 351 g/mol. The summed E-state index contributed by atoms with van der Waals surface area (Å²) in [5.74, 6) is -0.194. The normalized spacial score (nSPS) is 10.2. The predicted octanol–water partition coefficient (Wildman–Crippen LogP) is 1.81. The number of aromatic nitrogens is 4. The molecule has 0 aliphatic heterocycles. The van der Waals surface area contributed by atoms with Crippen molar-refractivity contribution in [2.45, 2.75) is 6.42 Å². The van der Waals surface area contributed by atoms with Crippen LogP contribution in [-0.2, 0) is 4.79 Å². The van der Waals surface area contributed by atoms with Crippen LogP contribution in [-0.4, -0.2) is 38.7 Å². The first-order valence-corrected chi connectivity index (χ1v) is 7.94. The van der Waals surface area contributed by atoms with E-state index < -0.39 is 0 Å². The third kappa shape index (κ3) is 4.87. The molecule has 2 aromatic carbocycles. The molecule has 9 heteroatoms. The Kier molecular flexibility index (Phi) is 5.51. The molecule has 3 amide bonds. The van der Waals surface area contributed by atoms with Gasteiger partial charge in [0.15, 0.2) is 0 Å². The summed E-state index contributed by atoms with van der Waals surface area (Å²) in [5, 5.41) is 19.0. The Bertz CT molecular complexity index is 849. The summed E-state index contributed by atoms with van der Waals surface area (Å²) in [6, 6.07) is 15.8. The van der Waals surface area contributed by atoms with Gasteiger partial charge in [0.25, 0.3) is 0 Å². The zero-order chi connectivity index (χ0) is 18.2. The molecule has 1 heterocycles. The molecule has 0 fully saturated rings. The number of benzene rings is 2. The molecule has 9 nitrogen and oxygen atoms in total. The SMILES string of the molecule is O=C(CCNC(=O)Nc1ccccc1)Nc1ccc(-n2cnnn2)cc1. The van der Waals surface area contributed by atoms with Gasteiger partial charge in [-0.3, -0.25) is 4.79 Å². The second-order valence-electron chi connectivity index (χ2n) is 5.35. The molecule has 0 saturated carbocycles. The highest BCUT2D eigenvalue weighted by molar-refractivity contribution is 5.92. The fraction of sp³-hybridized carbons (Fsp3) is 0.118. The maximum Gasteiger partial charge on any atom is 0.319 e. The number of carbonyl (C=O) groups excluding carboxylic acids is 2. The van der Waals surface area contributed by atoms with E-state index in [-0.39, 0.29) is 24.9 Å². The molecule has 26 heavy (non-hydrogen) atoms. The Morgan fingerprint density at radius 2 is 1.65 bits per heavy atom. The first-order valence-electron chi connectivity index (χ1n) is 7.94. The number of anilines is 2. The van der Waals surface area contributed by atoms with E-state index in [1.54, 1.807) is 36.4 Å². The lowest BCUT2D eigenvalue weighted by Gasteiger charge is -2.08. The number of urea groups is 1. The van der Waals surface area contributed by atoms with E-state index in [9.17, 15) is 9.59 Å². The number of para-hydroxylation sites is 1. The minimum atomic E-state index is -0.352. The lowest BCUT2D eigenvalue weighted by Crippen LogP contribution is -2.31. The van der Waals surface area contributed by atoms with Gasteiger partial charge in [0, 0.05) is 24.3 Å². The van der Waals surface area contributed by atoms with Crippen LogP contribution in [0.25, 0.3) is 5.69 Å². The van der Waals surface area contributed by atoms with Gasteiger partial charge >= 0.3 is 6.03 Å². The van der Waals surface area contributed by atoms with Crippen molar-refractivity contribution in [2.75, 3.05) is 17.2 Å². The van der Waals surface area contributed by atoms with Crippen LogP contribution < -0.4 is 16.0 Å². The molecule has 0 unspecified atom stereocenters. The Hall–Kier alpha value is -3.75. The van der Waals surface area contributed by atoms with Crippen LogP contribution in [0.4, 0.5) is 16.2 Å². The summed E-state index contributed by atoms with van der Waals surface area (Å²) in [4.78, 5) is 23.7. The van der Waals surface area contributed by atoms with Crippen LogP contribution >= 0.6 is 0 Å². The van der Waals surface area contributed by atoms with Gasteiger partial charge in [-0.25, -0.2) is 9.48 Å². The number of nitrogens with one attached hydrogen (secondary N) is 3. The summed E-state index contributed by atoms with van der Waals surface area (Å²) in [6.07, 6.45) is 1.65. The molecule has 0 aliphatic carbocycles. The highest BCUT2D eigenvalue weighted by Crippen LogP contribution is 2.12. The van der Waals surface area contributed by atoms with Gasteiger partial charge in [0.05, 0.1) is 5.69 Å². The zero-order valence-corrected chi connectivity index (χ0v) is 13.8. The van der Waals surface area contributed by atoms with Gasteiger partial charge in [0.1, 0.15) is 6.33 Å². The third-order valence-corrected chi connectivity index (χ3v) is 3.43. The van der Waals surface area contributed by atoms with Crippen molar-refractivity contribution in [3.63, 3.8) is 0 Å². The first kappa shape index (κ1) is 17.1. The molecule has 0 radical (unpaired) electrons. The van der Waals surface area contributed by atoms with Crippen LogP contribution in [0.5, 0.6) is 0 Å². The van der Waals surface area contributed by atoms with Crippen molar-refractivity contribution in [1.82, 2.24) is 25.5 Å². The monoisotopic (exact) mass is 351 g/mol. The molecule has 3 aromatic rings. The molecule has 3 N–H and O–H groups in total. The maximum atomic E-state index is 11.9. The van der Waals surface area contributed by atoms with E-state index >= 15 is 0 Å². The van der Waals surface area contributed by atoms with E-state index in [2.05, 4.69) is 31.5 Å². The predicted molar refractivity (Wildman–Crippen MR) is 95.9 cm³/mol. The third-order valence-electron chi connectivity index (χ3n) is 3.43. The Balaban J connectivity index is 1.40. The number of nitrogens with zero attached hydrogens (tertiary/aromatic N) is 4. The quantitative estimate of drug-likeness (QED) is 0.627. The molecule has 3 rings (SSSR count). The van der Waals surface area contributed by atoms with Gasteiger partial charge in [0.2, 0.25) is 5.91 Å². The van der Waals surface area contributed by atoms with Gasteiger partial charge < -0.3 is 16.0 Å². The van der Waals surface area contributed by atoms with Crippen LogP contribution in [0.1, 0.15) is 6.42 Å². The number of amides is 3. The van der Waals surface area contributed by atoms with Crippen LogP contribution in [0.15, 0.2) is 60.9 Å². The molecule has 0 saturated heterocycles. The Labute approximate surface area is 149 Å². The average Bonchev–Trinajstić information content (AvgIpc) is 3.18. The summed E-state index contributed by atoms with van der Waals surface area (Å²) in [7, 11) is 0. The van der Waals surface area contributed by atoms with Crippen molar-refractivity contribution in [3.05, 3.63) is 60.9 Å². The largest absolute Gasteiger partial charge is 0.337 e. The van der Waals surface area contributed by atoms with Crippen LogP contribution in [0, 0.1) is 0 Å². The van der Waals surface area contributed by atoms with Crippen LogP contribution in [0.2, 0.25) is 0 Å². The summed E-state index contributed by atoms with van der Waals surface area (Å²) in [5.41, 5.74) is 2.13. The van der Waals surface area contributed by atoms with Gasteiger partial charge in [-0.1, -0.05) is 18.2 Å². The van der Waals surface area contributed by atoms with E-state index in [0.717, 1.165) is 5.69 Å². The molecule has 0 bridgehead atoms. The minimum Gasteiger partial charge on any atom is -0.337 e. The molecule has 0 spiro atoms. The molecule has 0 aliphatic rings. The van der Waals surface area contributed by atoms with Crippen molar-refractivity contribution < 1.29 is 9.59 Å². The maximum absolute atomic E-state index is 11.9. The molecule has 1 aromatic heterocycles. The Morgan fingerprint density at radius 1 is 0.923 bits per heavy atom. The number of hydrogen-bond donors (Lipinski definition) is 3. The van der Waals surface area contributed by atoms with E-state index in [1.807, 2.05) is 18.2 Å². The smallest absolute Gasteiger partial charge is 0.319 e. The van der Waals surface area contributed by atoms with Gasteiger partial charge in [-0.15, -0.1) is 5.10 Å². The van der Waals surface area contributed by atoms with E-state index in [0.29, 0.717) is 11.4 Å². The number of rotatable bonds is 6. The molecule has 0 atom stereocenters. The molecule has 132 valence electrons. The summed E-state index contributed by atoms with van der Waals surface area (Å²) >= 11 is 0. The lowest BCUT2D eigenvalue weighted by molar-refractivity contribution is -0.116. The fourth-order valence-corrected chi connectivity index (χ4v) is 2.19. The highest BCUT2D eigenvalue weighted by Gasteiger charge is 2.05. The summed E-state index contributed by atoms with van der Waals surface area (Å²) in [6.45, 7) is 0.229. The van der Waals surface area contributed by atoms with Gasteiger partial charge in [-0.05, 0) is 46.8 Å². The molecular weight excluding hydrogens is 334 g/mol. The summed E-state index contributed by atoms with van der Waals surface area (Å²) < 4.78 is 1.51. The lowest BCUT2D eigenvalue weighted by atomic mass is 10.2. The zero-order valence-electron chi connectivity index (χ0n) is 13.8. The number of carbonyl (C=O) groups is 2. The molecular formula is C17H17N7O2. The van der Waals surface area contributed by atoms with Crippen molar-refractivity contribution in [1.29, 1.82) is 0 Å². The fourth-order valence-electron chi connectivity index (χ4n) is 2.19.